The molecule has 0 fully saturated rings. The van der Waals surface area contributed by atoms with Crippen LogP contribution in [-0.4, -0.2) is 12.2 Å². The summed E-state index contributed by atoms with van der Waals surface area (Å²) in [5.41, 5.74) is -0.403. The van der Waals surface area contributed by atoms with E-state index in [0.717, 1.165) is 0 Å². The van der Waals surface area contributed by atoms with Crippen LogP contribution in [0.3, 0.4) is 0 Å². The molecule has 0 radical (unpaired) electrons. The second kappa shape index (κ2) is 4.52. The van der Waals surface area contributed by atoms with Gasteiger partial charge in [0.05, 0.1) is 0 Å². The van der Waals surface area contributed by atoms with Crippen molar-refractivity contribution in [2.75, 3.05) is 6.61 Å². The Morgan fingerprint density at radius 3 is 1.71 bits per heavy atom. The molecule has 4 heteroatoms. The minimum absolute atomic E-state index is 0.403. The Morgan fingerprint density at radius 2 is 1.50 bits per heavy atom. The predicted molar refractivity (Wildman–Crippen MR) is 54.1 cm³/mol. The van der Waals surface area contributed by atoms with Gasteiger partial charge in [0.2, 0.25) is 0 Å². The molecule has 0 saturated heterocycles. The van der Waals surface area contributed by atoms with Crippen LogP contribution in [-0.2, 0) is 26.0 Å². The molecular formula is C10H24O3Ti. The maximum atomic E-state index is 12.8. The molecule has 86 valence electrons. The Balaban J connectivity index is 4.98. The van der Waals surface area contributed by atoms with Crippen LogP contribution in [0.2, 0.25) is 9.45 Å². The van der Waals surface area contributed by atoms with Gasteiger partial charge in [0.25, 0.3) is 0 Å². The molecule has 0 N–H and O–H groups in total. The van der Waals surface area contributed by atoms with Crippen LogP contribution in [0.25, 0.3) is 0 Å². The van der Waals surface area contributed by atoms with Gasteiger partial charge in [-0.25, -0.2) is 0 Å². The first kappa shape index (κ1) is 14.4. The molecule has 0 aromatic heterocycles. The summed E-state index contributed by atoms with van der Waals surface area (Å²) in [4.78, 5) is 0. The summed E-state index contributed by atoms with van der Waals surface area (Å²) in [7, 11) is 0. The van der Waals surface area contributed by atoms with Crippen molar-refractivity contribution in [3.63, 3.8) is 0 Å². The number of hydrogen-bond donors (Lipinski definition) is 0. The third-order valence-electron chi connectivity index (χ3n) is 2.37. The van der Waals surface area contributed by atoms with Crippen molar-refractivity contribution in [1.82, 2.24) is 0 Å². The second-order valence-electron chi connectivity index (χ2n) is 4.72. The summed E-state index contributed by atoms with van der Waals surface area (Å²) in [6.07, 6.45) is 0. The fraction of sp³-hybridized carbons (Fsp3) is 1.00. The summed E-state index contributed by atoms with van der Waals surface area (Å²) in [6, 6.07) is 0. The van der Waals surface area contributed by atoms with Crippen molar-refractivity contribution in [2.45, 2.75) is 56.6 Å². The van der Waals surface area contributed by atoms with Crippen LogP contribution in [0.5, 0.6) is 0 Å². The molecule has 3 nitrogen and oxygen atoms in total. The van der Waals surface area contributed by atoms with E-state index in [1.54, 1.807) is 0 Å². The molecule has 0 amide bonds. The van der Waals surface area contributed by atoms with E-state index in [2.05, 4.69) is 0 Å². The molecule has 0 rings (SSSR count). The molecule has 0 bridgehead atoms. The standard InChI is InChI=1S/C4H9O.C2H5O.2C2H5.O.Ti/c1-4(2,3)5;1-2-3;2*1-2;;/h1-3H3;2H2,1H3;2*1H2,2H3;;/q2*-1;;;;+2. The summed E-state index contributed by atoms with van der Waals surface area (Å²) >= 11 is -4.32. The van der Waals surface area contributed by atoms with Crippen molar-refractivity contribution in [1.29, 1.82) is 0 Å². The summed E-state index contributed by atoms with van der Waals surface area (Å²) in [6.45, 7) is 11.8. The summed E-state index contributed by atoms with van der Waals surface area (Å²) in [5.74, 6) is 0. The topological polar surface area (TPSA) is 35.5 Å². The van der Waals surface area contributed by atoms with Crippen molar-refractivity contribution in [2.24, 2.45) is 0 Å². The molecule has 0 atom stereocenters. The van der Waals surface area contributed by atoms with Crippen molar-refractivity contribution < 1.29 is 26.0 Å². The van der Waals surface area contributed by atoms with Gasteiger partial charge >= 0.3 is 89.2 Å². The molecule has 0 aliphatic heterocycles. The average Bonchev–Trinajstić information content (AvgIpc) is 2.02. The van der Waals surface area contributed by atoms with Gasteiger partial charge in [-0.15, -0.1) is 0 Å². The fourth-order valence-electron chi connectivity index (χ4n) is 1.63. The van der Waals surface area contributed by atoms with E-state index in [9.17, 15) is 3.32 Å². The third kappa shape index (κ3) is 3.89. The third-order valence-corrected chi connectivity index (χ3v) is 9.76. The zero-order chi connectivity index (χ0) is 11.5. The van der Waals surface area contributed by atoms with Gasteiger partial charge in [-0.1, -0.05) is 0 Å². The van der Waals surface area contributed by atoms with E-state index in [4.69, 9.17) is 6.64 Å². The maximum absolute atomic E-state index is 12.8. The van der Waals surface area contributed by atoms with Crippen LogP contribution in [0.1, 0.15) is 41.5 Å². The van der Waals surface area contributed by atoms with Crippen molar-refractivity contribution in [3.05, 3.63) is 0 Å². The van der Waals surface area contributed by atoms with Gasteiger partial charge in [0, 0.05) is 0 Å². The van der Waals surface area contributed by atoms with E-state index in [1.165, 1.54) is 0 Å². The second-order valence-corrected chi connectivity index (χ2v) is 12.0. The van der Waals surface area contributed by atoms with Gasteiger partial charge in [-0.2, -0.15) is 0 Å². The molecule has 0 unspecified atom stereocenters. The van der Waals surface area contributed by atoms with Crippen molar-refractivity contribution in [3.8, 4) is 0 Å². The molecule has 0 saturated carbocycles. The van der Waals surface area contributed by atoms with Crippen molar-refractivity contribution >= 4 is 0 Å². The molecular weight excluding hydrogens is 216 g/mol. The molecule has 0 heterocycles. The SMILES string of the molecule is CC[O][Ti](=[O])([CH2]C)([CH2]C)[O]C(C)(C)C. The van der Waals surface area contributed by atoms with Crippen LogP contribution in [0.4, 0.5) is 0 Å². The van der Waals surface area contributed by atoms with Gasteiger partial charge in [-0.05, 0) is 0 Å². The predicted octanol–water partition coefficient (Wildman–Crippen LogP) is 3.58. The van der Waals surface area contributed by atoms with Gasteiger partial charge in [0.1, 0.15) is 0 Å². The molecule has 0 spiro atoms. The normalized spacial score (nSPS) is 14.5. The average molecular weight is 240 g/mol. The molecule has 0 aliphatic carbocycles. The van der Waals surface area contributed by atoms with Crippen LogP contribution in [0.15, 0.2) is 0 Å². The summed E-state index contributed by atoms with van der Waals surface area (Å²) in [5, 5.41) is 0. The summed E-state index contributed by atoms with van der Waals surface area (Å²) < 4.78 is 25.0. The fourth-order valence-corrected chi connectivity index (χ4v) is 6.73. The van der Waals surface area contributed by atoms with E-state index in [0.29, 0.717) is 16.1 Å². The number of rotatable bonds is 5. The van der Waals surface area contributed by atoms with E-state index in [1.807, 2.05) is 41.5 Å². The van der Waals surface area contributed by atoms with Crippen LogP contribution >= 0.6 is 0 Å². The zero-order valence-corrected chi connectivity index (χ0v) is 11.9. The Kier molecular flexibility index (Phi) is 4.66. The minimum atomic E-state index is -4.32. The van der Waals surface area contributed by atoms with Gasteiger partial charge < -0.3 is 0 Å². The Morgan fingerprint density at radius 1 is 1.07 bits per heavy atom. The first-order valence-electron chi connectivity index (χ1n) is 5.43. The van der Waals surface area contributed by atoms with E-state index in [-0.39, 0.29) is 0 Å². The first-order valence-corrected chi connectivity index (χ1v) is 9.55. The molecule has 0 aromatic rings. The van der Waals surface area contributed by atoms with Gasteiger partial charge in [-0.3, -0.25) is 0 Å². The molecule has 0 aromatic carbocycles. The first-order chi connectivity index (χ1) is 6.19. The van der Waals surface area contributed by atoms with E-state index >= 15 is 0 Å². The van der Waals surface area contributed by atoms with Gasteiger partial charge in [0.15, 0.2) is 0 Å². The monoisotopic (exact) mass is 240 g/mol. The van der Waals surface area contributed by atoms with Crippen LogP contribution in [0, 0.1) is 0 Å². The van der Waals surface area contributed by atoms with Crippen LogP contribution < -0.4 is 0 Å². The van der Waals surface area contributed by atoms with E-state index < -0.39 is 21.7 Å². The quantitative estimate of drug-likeness (QED) is 0.689. The Labute approximate surface area is 89.3 Å². The Hall–Kier alpha value is 0.434. The number of hydrogen-bond acceptors (Lipinski definition) is 3. The zero-order valence-electron chi connectivity index (χ0n) is 10.3. The Bertz CT molecular complexity index is 232. The molecule has 14 heavy (non-hydrogen) atoms. The molecule has 0 aliphatic rings.